The average molecular weight is 255 g/mol. The molecule has 2 unspecified atom stereocenters. The van der Waals surface area contributed by atoms with Crippen LogP contribution in [0.2, 0.25) is 0 Å². The third-order valence-corrected chi connectivity index (χ3v) is 3.81. The maximum absolute atomic E-state index is 11.8. The van der Waals surface area contributed by atoms with Crippen LogP contribution in [-0.4, -0.2) is 24.4 Å². The van der Waals surface area contributed by atoms with E-state index in [0.717, 1.165) is 25.7 Å². The van der Waals surface area contributed by atoms with Crippen LogP contribution in [0.3, 0.4) is 0 Å². The molecule has 5 heteroatoms. The molecule has 5 N–H and O–H groups in total. The van der Waals surface area contributed by atoms with Crippen molar-refractivity contribution in [3.63, 3.8) is 0 Å². The van der Waals surface area contributed by atoms with E-state index in [0.29, 0.717) is 6.42 Å². The molecule has 0 saturated heterocycles. The minimum absolute atomic E-state index is 0.0355. The van der Waals surface area contributed by atoms with E-state index in [9.17, 15) is 9.59 Å². The molecule has 1 aliphatic rings. The first kappa shape index (κ1) is 15.0. The molecular weight excluding hydrogens is 230 g/mol. The SMILES string of the molecule is CC(C)(CNC(=O)CC1CCCCC1N)C(N)=O. The molecule has 0 heterocycles. The molecule has 0 radical (unpaired) electrons. The number of rotatable bonds is 5. The van der Waals surface area contributed by atoms with Gasteiger partial charge in [0, 0.05) is 19.0 Å². The van der Waals surface area contributed by atoms with Crippen LogP contribution in [0.25, 0.3) is 0 Å². The van der Waals surface area contributed by atoms with Gasteiger partial charge in [-0.2, -0.15) is 0 Å². The second kappa shape index (κ2) is 6.18. The van der Waals surface area contributed by atoms with Crippen LogP contribution in [0.15, 0.2) is 0 Å². The number of carbonyl (C=O) groups is 2. The molecule has 0 bridgehead atoms. The molecule has 1 fully saturated rings. The van der Waals surface area contributed by atoms with Gasteiger partial charge in [-0.1, -0.05) is 12.8 Å². The number of carbonyl (C=O) groups excluding carboxylic acids is 2. The fourth-order valence-electron chi connectivity index (χ4n) is 2.21. The highest BCUT2D eigenvalue weighted by molar-refractivity contribution is 5.82. The fourth-order valence-corrected chi connectivity index (χ4v) is 2.21. The summed E-state index contributed by atoms with van der Waals surface area (Å²) in [5, 5.41) is 2.78. The van der Waals surface area contributed by atoms with Crippen LogP contribution in [-0.2, 0) is 9.59 Å². The Bertz CT molecular complexity index is 315. The zero-order valence-corrected chi connectivity index (χ0v) is 11.4. The lowest BCUT2D eigenvalue weighted by atomic mass is 9.82. The molecule has 18 heavy (non-hydrogen) atoms. The molecule has 0 aliphatic heterocycles. The second-order valence-corrected chi connectivity index (χ2v) is 5.94. The maximum Gasteiger partial charge on any atom is 0.224 e. The molecule has 104 valence electrons. The molecule has 2 atom stereocenters. The van der Waals surface area contributed by atoms with Crippen molar-refractivity contribution in [3.8, 4) is 0 Å². The first-order valence-corrected chi connectivity index (χ1v) is 6.65. The number of nitrogens with one attached hydrogen (secondary N) is 1. The van der Waals surface area contributed by atoms with Crippen LogP contribution in [0.5, 0.6) is 0 Å². The summed E-state index contributed by atoms with van der Waals surface area (Å²) < 4.78 is 0. The summed E-state index contributed by atoms with van der Waals surface area (Å²) in [6.45, 7) is 3.73. The van der Waals surface area contributed by atoms with Crippen LogP contribution in [0.4, 0.5) is 0 Å². The van der Waals surface area contributed by atoms with Crippen molar-refractivity contribution in [3.05, 3.63) is 0 Å². The number of amides is 2. The first-order valence-electron chi connectivity index (χ1n) is 6.65. The van der Waals surface area contributed by atoms with E-state index in [4.69, 9.17) is 11.5 Å². The van der Waals surface area contributed by atoms with E-state index in [1.54, 1.807) is 13.8 Å². The van der Waals surface area contributed by atoms with Gasteiger partial charge in [-0.05, 0) is 32.6 Å². The molecule has 2 amide bonds. The van der Waals surface area contributed by atoms with Crippen molar-refractivity contribution in [2.24, 2.45) is 22.8 Å². The largest absolute Gasteiger partial charge is 0.369 e. The van der Waals surface area contributed by atoms with Crippen LogP contribution < -0.4 is 16.8 Å². The Kier molecular flexibility index (Phi) is 5.14. The Morgan fingerprint density at radius 1 is 1.28 bits per heavy atom. The van der Waals surface area contributed by atoms with E-state index < -0.39 is 11.3 Å². The van der Waals surface area contributed by atoms with Crippen LogP contribution in [0.1, 0.15) is 46.0 Å². The summed E-state index contributed by atoms with van der Waals surface area (Å²) in [5.41, 5.74) is 10.6. The maximum atomic E-state index is 11.8. The standard InChI is InChI=1S/C13H25N3O2/c1-13(2,12(15)18)8-16-11(17)7-9-5-3-4-6-10(9)14/h9-10H,3-8,14H2,1-2H3,(H2,15,18)(H,16,17). The summed E-state index contributed by atoms with van der Waals surface area (Å²) >= 11 is 0. The lowest BCUT2D eigenvalue weighted by Crippen LogP contribution is -2.44. The van der Waals surface area contributed by atoms with Gasteiger partial charge in [-0.3, -0.25) is 9.59 Å². The highest BCUT2D eigenvalue weighted by Crippen LogP contribution is 2.25. The zero-order valence-electron chi connectivity index (χ0n) is 11.4. The Morgan fingerprint density at radius 2 is 1.89 bits per heavy atom. The normalized spacial score (nSPS) is 24.6. The van der Waals surface area contributed by atoms with Crippen molar-refractivity contribution in [1.29, 1.82) is 0 Å². The summed E-state index contributed by atoms with van der Waals surface area (Å²) in [6, 6.07) is 0.133. The van der Waals surface area contributed by atoms with Gasteiger partial charge in [-0.15, -0.1) is 0 Å². The van der Waals surface area contributed by atoms with Gasteiger partial charge in [-0.25, -0.2) is 0 Å². The highest BCUT2D eigenvalue weighted by atomic mass is 16.2. The van der Waals surface area contributed by atoms with E-state index in [-0.39, 0.29) is 24.4 Å². The van der Waals surface area contributed by atoms with E-state index in [1.807, 2.05) is 0 Å². The molecule has 0 aromatic carbocycles. The van der Waals surface area contributed by atoms with Gasteiger partial charge in [0.15, 0.2) is 0 Å². The Morgan fingerprint density at radius 3 is 2.44 bits per heavy atom. The number of primary amides is 1. The van der Waals surface area contributed by atoms with Crippen LogP contribution >= 0.6 is 0 Å². The molecule has 1 rings (SSSR count). The highest BCUT2D eigenvalue weighted by Gasteiger charge is 2.27. The summed E-state index contributed by atoms with van der Waals surface area (Å²) in [6.07, 6.45) is 4.79. The van der Waals surface area contributed by atoms with Crippen molar-refractivity contribution >= 4 is 11.8 Å². The quantitative estimate of drug-likeness (QED) is 0.668. The van der Waals surface area contributed by atoms with Crippen molar-refractivity contribution in [2.45, 2.75) is 52.0 Å². The molecule has 5 nitrogen and oxygen atoms in total. The molecule has 0 spiro atoms. The van der Waals surface area contributed by atoms with Gasteiger partial charge in [0.2, 0.25) is 11.8 Å². The zero-order chi connectivity index (χ0) is 13.8. The van der Waals surface area contributed by atoms with Gasteiger partial charge < -0.3 is 16.8 Å². The van der Waals surface area contributed by atoms with Gasteiger partial charge in [0.1, 0.15) is 0 Å². The molecular formula is C13H25N3O2. The number of hydrogen-bond acceptors (Lipinski definition) is 3. The summed E-state index contributed by atoms with van der Waals surface area (Å²) in [4.78, 5) is 22.9. The molecule has 0 aromatic heterocycles. The second-order valence-electron chi connectivity index (χ2n) is 5.94. The molecule has 1 saturated carbocycles. The van der Waals surface area contributed by atoms with E-state index in [2.05, 4.69) is 5.32 Å². The predicted octanol–water partition coefficient (Wildman–Crippen LogP) is 0.522. The minimum Gasteiger partial charge on any atom is -0.369 e. The van der Waals surface area contributed by atoms with E-state index in [1.165, 1.54) is 0 Å². The first-order chi connectivity index (χ1) is 8.33. The Hall–Kier alpha value is -1.10. The Balaban J connectivity index is 2.35. The van der Waals surface area contributed by atoms with Gasteiger partial charge in [0.25, 0.3) is 0 Å². The van der Waals surface area contributed by atoms with Gasteiger partial charge >= 0.3 is 0 Å². The smallest absolute Gasteiger partial charge is 0.224 e. The van der Waals surface area contributed by atoms with E-state index >= 15 is 0 Å². The third kappa shape index (κ3) is 4.29. The molecule has 1 aliphatic carbocycles. The van der Waals surface area contributed by atoms with Crippen molar-refractivity contribution < 1.29 is 9.59 Å². The summed E-state index contributed by atoms with van der Waals surface area (Å²) in [5.74, 6) is -0.167. The lowest BCUT2D eigenvalue weighted by molar-refractivity contribution is -0.127. The monoisotopic (exact) mass is 255 g/mol. The fraction of sp³-hybridized carbons (Fsp3) is 0.846. The topological polar surface area (TPSA) is 98.2 Å². The third-order valence-electron chi connectivity index (χ3n) is 3.81. The Labute approximate surface area is 109 Å². The van der Waals surface area contributed by atoms with Crippen molar-refractivity contribution in [2.75, 3.05) is 6.54 Å². The van der Waals surface area contributed by atoms with Gasteiger partial charge in [0.05, 0.1) is 5.41 Å². The summed E-state index contributed by atoms with van der Waals surface area (Å²) in [7, 11) is 0. The number of nitrogens with two attached hydrogens (primary N) is 2. The molecule has 0 aromatic rings. The van der Waals surface area contributed by atoms with Crippen LogP contribution in [0, 0.1) is 11.3 Å². The lowest BCUT2D eigenvalue weighted by Gasteiger charge is -2.28. The van der Waals surface area contributed by atoms with Crippen molar-refractivity contribution in [1.82, 2.24) is 5.32 Å². The predicted molar refractivity (Wildman–Crippen MR) is 70.5 cm³/mol. The minimum atomic E-state index is -0.704. The average Bonchev–Trinajstić information content (AvgIpc) is 2.29. The number of hydrogen-bond donors (Lipinski definition) is 3.